The molecule has 2 amide bonds. The van der Waals surface area contributed by atoms with Crippen LogP contribution in [0.15, 0.2) is 18.2 Å². The molecule has 2 atom stereocenters. The number of amides is 2. The SMILES string of the molecule is CC(C)[C@H](NC(=O)[O-])C(=O)N[C@H](C)c1nc2ccc(F)cc2s1. The van der Waals surface area contributed by atoms with Gasteiger partial charge in [-0.25, -0.2) is 9.37 Å². The van der Waals surface area contributed by atoms with Gasteiger partial charge in [0.05, 0.1) is 16.3 Å². The molecule has 23 heavy (non-hydrogen) atoms. The van der Waals surface area contributed by atoms with Crippen molar-refractivity contribution in [3.63, 3.8) is 0 Å². The number of hydrogen-bond acceptors (Lipinski definition) is 5. The maximum atomic E-state index is 13.2. The summed E-state index contributed by atoms with van der Waals surface area (Å²) in [4.78, 5) is 27.3. The quantitative estimate of drug-likeness (QED) is 0.865. The van der Waals surface area contributed by atoms with E-state index >= 15 is 0 Å². The maximum absolute atomic E-state index is 13.2. The highest BCUT2D eigenvalue weighted by Gasteiger charge is 2.24. The zero-order valence-electron chi connectivity index (χ0n) is 12.9. The number of carbonyl (C=O) groups is 2. The van der Waals surface area contributed by atoms with Crippen molar-refractivity contribution >= 4 is 33.6 Å². The monoisotopic (exact) mass is 338 g/mol. The van der Waals surface area contributed by atoms with Crippen molar-refractivity contribution < 1.29 is 19.1 Å². The molecule has 124 valence electrons. The number of fused-ring (bicyclic) bond motifs is 1. The molecule has 0 aliphatic carbocycles. The minimum absolute atomic E-state index is 0.232. The third kappa shape index (κ3) is 4.16. The third-order valence-electron chi connectivity index (χ3n) is 3.32. The molecule has 0 saturated heterocycles. The van der Waals surface area contributed by atoms with Crippen LogP contribution in [-0.2, 0) is 4.79 Å². The van der Waals surface area contributed by atoms with Crippen LogP contribution in [0.25, 0.3) is 10.2 Å². The topological polar surface area (TPSA) is 94.1 Å². The zero-order valence-corrected chi connectivity index (χ0v) is 13.7. The lowest BCUT2D eigenvalue weighted by Gasteiger charge is -2.24. The first-order valence-electron chi connectivity index (χ1n) is 7.11. The Balaban J connectivity index is 2.13. The molecule has 0 bridgehead atoms. The van der Waals surface area contributed by atoms with E-state index in [2.05, 4.69) is 15.6 Å². The number of carboxylic acid groups (broad SMARTS) is 1. The Hall–Kier alpha value is -2.22. The number of rotatable bonds is 5. The van der Waals surface area contributed by atoms with Crippen molar-refractivity contribution in [2.45, 2.75) is 32.9 Å². The second-order valence-electron chi connectivity index (χ2n) is 5.55. The van der Waals surface area contributed by atoms with Crippen molar-refractivity contribution in [1.29, 1.82) is 0 Å². The Kier molecular flexibility index (Phi) is 5.15. The molecule has 6 nitrogen and oxygen atoms in total. The van der Waals surface area contributed by atoms with Gasteiger partial charge in [0.15, 0.2) is 0 Å². The van der Waals surface area contributed by atoms with Crippen LogP contribution in [-0.4, -0.2) is 23.0 Å². The fourth-order valence-electron chi connectivity index (χ4n) is 2.13. The summed E-state index contributed by atoms with van der Waals surface area (Å²) < 4.78 is 13.9. The Labute approximate surface area is 136 Å². The van der Waals surface area contributed by atoms with Crippen molar-refractivity contribution in [1.82, 2.24) is 15.6 Å². The van der Waals surface area contributed by atoms with E-state index < -0.39 is 24.1 Å². The van der Waals surface area contributed by atoms with Crippen molar-refractivity contribution in [3.8, 4) is 0 Å². The second kappa shape index (κ2) is 6.91. The number of nitrogens with zero attached hydrogens (tertiary/aromatic N) is 1. The van der Waals surface area contributed by atoms with Crippen LogP contribution in [0.2, 0.25) is 0 Å². The van der Waals surface area contributed by atoms with Gasteiger partial charge >= 0.3 is 0 Å². The van der Waals surface area contributed by atoms with Gasteiger partial charge < -0.3 is 20.5 Å². The van der Waals surface area contributed by atoms with Gasteiger partial charge in [-0.2, -0.15) is 0 Å². The summed E-state index contributed by atoms with van der Waals surface area (Å²) in [5.41, 5.74) is 0.653. The van der Waals surface area contributed by atoms with Crippen LogP contribution in [0.1, 0.15) is 31.8 Å². The molecule has 2 aromatic rings. The number of carbonyl (C=O) groups excluding carboxylic acids is 2. The first-order chi connectivity index (χ1) is 10.8. The summed E-state index contributed by atoms with van der Waals surface area (Å²) in [6.07, 6.45) is -1.50. The fraction of sp³-hybridized carbons (Fsp3) is 0.400. The molecule has 2 N–H and O–H groups in total. The molecule has 1 heterocycles. The van der Waals surface area contributed by atoms with E-state index in [0.29, 0.717) is 15.2 Å². The number of aromatic nitrogens is 1. The van der Waals surface area contributed by atoms with Gasteiger partial charge in [0.2, 0.25) is 5.91 Å². The molecule has 1 aromatic carbocycles. The molecule has 0 fully saturated rings. The van der Waals surface area contributed by atoms with Gasteiger partial charge in [-0.3, -0.25) is 4.79 Å². The molecule has 1 aromatic heterocycles. The van der Waals surface area contributed by atoms with E-state index in [0.717, 1.165) is 0 Å². The molecule has 0 radical (unpaired) electrons. The molecule has 2 rings (SSSR count). The average Bonchev–Trinajstić information content (AvgIpc) is 2.87. The highest BCUT2D eigenvalue weighted by Crippen LogP contribution is 2.27. The Morgan fingerprint density at radius 1 is 1.26 bits per heavy atom. The summed E-state index contributed by atoms with van der Waals surface area (Å²) in [6.45, 7) is 5.19. The lowest BCUT2D eigenvalue weighted by Crippen LogP contribution is -2.53. The average molecular weight is 338 g/mol. The van der Waals surface area contributed by atoms with Crippen LogP contribution in [0, 0.1) is 11.7 Å². The molecule has 0 saturated carbocycles. The number of benzene rings is 1. The van der Waals surface area contributed by atoms with Crippen molar-refractivity contribution in [2.75, 3.05) is 0 Å². The van der Waals surface area contributed by atoms with E-state index in [1.165, 1.54) is 23.5 Å². The van der Waals surface area contributed by atoms with Gasteiger partial charge in [-0.05, 0) is 31.0 Å². The van der Waals surface area contributed by atoms with Crippen LogP contribution in [0.4, 0.5) is 9.18 Å². The second-order valence-corrected chi connectivity index (χ2v) is 6.61. The first-order valence-corrected chi connectivity index (χ1v) is 7.93. The first kappa shape index (κ1) is 17.1. The van der Waals surface area contributed by atoms with Crippen molar-refractivity contribution in [3.05, 3.63) is 29.0 Å². The van der Waals surface area contributed by atoms with Crippen LogP contribution >= 0.6 is 11.3 Å². The largest absolute Gasteiger partial charge is 0.530 e. The highest BCUT2D eigenvalue weighted by atomic mass is 32.1. The van der Waals surface area contributed by atoms with Crippen LogP contribution < -0.4 is 15.7 Å². The minimum atomic E-state index is -1.50. The summed E-state index contributed by atoms with van der Waals surface area (Å²) in [5.74, 6) is -1.03. The molecule has 0 spiro atoms. The van der Waals surface area contributed by atoms with Crippen LogP contribution in [0.3, 0.4) is 0 Å². The summed E-state index contributed by atoms with van der Waals surface area (Å²) in [5, 5.41) is 16.1. The molecular weight excluding hydrogens is 321 g/mol. The predicted molar refractivity (Wildman–Crippen MR) is 83.3 cm³/mol. The fourth-order valence-corrected chi connectivity index (χ4v) is 3.12. The van der Waals surface area contributed by atoms with Gasteiger partial charge in [0.25, 0.3) is 0 Å². The minimum Gasteiger partial charge on any atom is -0.530 e. The van der Waals surface area contributed by atoms with Gasteiger partial charge in [0, 0.05) is 0 Å². The van der Waals surface area contributed by atoms with E-state index in [9.17, 15) is 19.1 Å². The van der Waals surface area contributed by atoms with Crippen molar-refractivity contribution in [2.24, 2.45) is 5.92 Å². The number of hydrogen-bond donors (Lipinski definition) is 2. The predicted octanol–water partition coefficient (Wildman–Crippen LogP) is 1.57. The Morgan fingerprint density at radius 3 is 2.57 bits per heavy atom. The number of halogens is 1. The normalized spacial score (nSPS) is 13.8. The van der Waals surface area contributed by atoms with E-state index in [1.54, 1.807) is 26.8 Å². The smallest absolute Gasteiger partial charge is 0.243 e. The lowest BCUT2D eigenvalue weighted by molar-refractivity contribution is -0.252. The van der Waals surface area contributed by atoms with Crippen LogP contribution in [0.5, 0.6) is 0 Å². The summed E-state index contributed by atoms with van der Waals surface area (Å²) in [6, 6.07) is 2.96. The summed E-state index contributed by atoms with van der Waals surface area (Å²) >= 11 is 1.28. The molecule has 0 aliphatic rings. The third-order valence-corrected chi connectivity index (χ3v) is 4.52. The van der Waals surface area contributed by atoms with E-state index in [1.807, 2.05) is 0 Å². The Bertz CT molecular complexity index is 732. The molecule has 0 unspecified atom stereocenters. The number of thiazole rings is 1. The highest BCUT2D eigenvalue weighted by molar-refractivity contribution is 7.18. The van der Waals surface area contributed by atoms with Gasteiger partial charge in [-0.15, -0.1) is 11.3 Å². The van der Waals surface area contributed by atoms with E-state index in [4.69, 9.17) is 0 Å². The van der Waals surface area contributed by atoms with E-state index in [-0.39, 0.29) is 11.7 Å². The summed E-state index contributed by atoms with van der Waals surface area (Å²) in [7, 11) is 0. The maximum Gasteiger partial charge on any atom is 0.243 e. The zero-order chi connectivity index (χ0) is 17.1. The molecular formula is C15H17FN3O3S-. The Morgan fingerprint density at radius 2 is 1.96 bits per heavy atom. The lowest BCUT2D eigenvalue weighted by atomic mass is 10.0. The standard InChI is InChI=1S/C15H18FN3O3S/c1-7(2)12(19-15(21)22)13(20)17-8(3)14-18-10-5-4-9(16)6-11(10)23-14/h4-8,12,19H,1-3H3,(H,17,20)(H,21,22)/p-1/t8-,12+/m1/s1. The van der Waals surface area contributed by atoms with Gasteiger partial charge in [0.1, 0.15) is 23.0 Å². The van der Waals surface area contributed by atoms with Gasteiger partial charge in [-0.1, -0.05) is 13.8 Å². The number of nitrogens with one attached hydrogen (secondary N) is 2. The molecule has 8 heteroatoms. The molecule has 0 aliphatic heterocycles.